The highest BCUT2D eigenvalue weighted by molar-refractivity contribution is 6.31. The van der Waals surface area contributed by atoms with Gasteiger partial charge in [-0.1, -0.05) is 36.7 Å². The molecule has 1 heterocycles. The Hall–Kier alpha value is -1.82. The molecular weight excluding hydrogens is 349 g/mol. The summed E-state index contributed by atoms with van der Waals surface area (Å²) in [7, 11) is 0. The Morgan fingerprint density at radius 2 is 1.92 bits per heavy atom. The Bertz CT molecular complexity index is 732. The first kappa shape index (κ1) is 20.2. The fourth-order valence-corrected chi connectivity index (χ4v) is 2.34. The first-order valence-corrected chi connectivity index (χ1v) is 7.92. The van der Waals surface area contributed by atoms with Crippen LogP contribution in [0.5, 0.6) is 0 Å². The van der Waals surface area contributed by atoms with Gasteiger partial charge in [0.05, 0.1) is 12.1 Å². The molecule has 2 rings (SSSR count). The summed E-state index contributed by atoms with van der Waals surface area (Å²) in [4.78, 5) is 24.1. The summed E-state index contributed by atoms with van der Waals surface area (Å²) in [5, 5.41) is 6.54. The highest BCUT2D eigenvalue weighted by atomic mass is 35.5. The van der Waals surface area contributed by atoms with Crippen LogP contribution in [0.3, 0.4) is 0 Å². The lowest BCUT2D eigenvalue weighted by Gasteiger charge is -2.10. The number of hydrogen-bond acceptors (Lipinski definition) is 3. The van der Waals surface area contributed by atoms with Gasteiger partial charge in [0, 0.05) is 30.4 Å². The van der Waals surface area contributed by atoms with Crippen LogP contribution in [0.2, 0.25) is 5.02 Å². The van der Waals surface area contributed by atoms with Crippen LogP contribution in [0, 0.1) is 0 Å². The van der Waals surface area contributed by atoms with Gasteiger partial charge in [0.25, 0.3) is 11.5 Å². The zero-order chi connectivity index (χ0) is 16.7. The molecule has 130 valence electrons. The molecule has 0 spiro atoms. The topological polar surface area (TPSA) is 63.1 Å². The monoisotopic (exact) mass is 369 g/mol. The summed E-state index contributed by atoms with van der Waals surface area (Å²) in [5.41, 5.74) is 1.11. The lowest BCUT2D eigenvalue weighted by molar-refractivity contribution is 0.0953. The first-order valence-electron chi connectivity index (χ1n) is 7.54. The van der Waals surface area contributed by atoms with E-state index in [1.54, 1.807) is 12.3 Å². The van der Waals surface area contributed by atoms with Crippen LogP contribution in [0.15, 0.2) is 47.4 Å². The summed E-state index contributed by atoms with van der Waals surface area (Å²) in [5.74, 6) is -0.198. The van der Waals surface area contributed by atoms with Gasteiger partial charge in [0.15, 0.2) is 0 Å². The molecule has 24 heavy (non-hydrogen) atoms. The lowest BCUT2D eigenvalue weighted by atomic mass is 10.2. The Morgan fingerprint density at radius 3 is 2.62 bits per heavy atom. The molecule has 7 heteroatoms. The summed E-state index contributed by atoms with van der Waals surface area (Å²) >= 11 is 6.13. The van der Waals surface area contributed by atoms with Crippen LogP contribution >= 0.6 is 24.0 Å². The van der Waals surface area contributed by atoms with Crippen LogP contribution in [0.25, 0.3) is 0 Å². The van der Waals surface area contributed by atoms with Gasteiger partial charge in [0.2, 0.25) is 0 Å². The van der Waals surface area contributed by atoms with E-state index < -0.39 is 0 Å². The minimum atomic E-state index is -0.198. The van der Waals surface area contributed by atoms with E-state index in [4.69, 9.17) is 11.6 Å². The number of rotatable bonds is 7. The molecule has 0 saturated heterocycles. The van der Waals surface area contributed by atoms with E-state index in [1.807, 2.05) is 25.1 Å². The van der Waals surface area contributed by atoms with Crippen molar-refractivity contribution in [3.8, 4) is 0 Å². The Balaban J connectivity index is 0.00000288. The predicted octanol–water partition coefficient (Wildman–Crippen LogP) is 2.31. The van der Waals surface area contributed by atoms with E-state index in [-0.39, 0.29) is 23.9 Å². The number of likely N-dealkylation sites (N-methyl/N-ethyl adjacent to an activating group) is 1. The Morgan fingerprint density at radius 1 is 1.17 bits per heavy atom. The standard InChI is InChI=1S/C17H20ClN3O2.ClH/c1-2-19-9-10-20-17(23)14-7-8-16(22)21(12-14)11-13-5-3-4-6-15(13)18;/h3-8,12,19H,2,9-11H2,1H3,(H,20,23);1H. The second-order valence-corrected chi connectivity index (χ2v) is 5.49. The number of nitrogens with zero attached hydrogens (tertiary/aromatic N) is 1. The van der Waals surface area contributed by atoms with Crippen molar-refractivity contribution in [1.82, 2.24) is 15.2 Å². The van der Waals surface area contributed by atoms with Crippen LogP contribution in [-0.4, -0.2) is 30.1 Å². The summed E-state index contributed by atoms with van der Waals surface area (Å²) in [6.07, 6.45) is 1.56. The van der Waals surface area contributed by atoms with Crippen molar-refractivity contribution in [2.24, 2.45) is 0 Å². The molecule has 0 atom stereocenters. The van der Waals surface area contributed by atoms with Crippen molar-refractivity contribution in [1.29, 1.82) is 0 Å². The molecule has 0 unspecified atom stereocenters. The van der Waals surface area contributed by atoms with Gasteiger partial charge < -0.3 is 15.2 Å². The lowest BCUT2D eigenvalue weighted by Crippen LogP contribution is -2.32. The molecule has 0 aliphatic heterocycles. The van der Waals surface area contributed by atoms with E-state index >= 15 is 0 Å². The number of aromatic nitrogens is 1. The quantitative estimate of drug-likeness (QED) is 0.736. The third kappa shape index (κ3) is 5.67. The number of carbonyl (C=O) groups is 1. The minimum absolute atomic E-state index is 0. The Labute approximate surface area is 152 Å². The maximum Gasteiger partial charge on any atom is 0.252 e. The maximum absolute atomic E-state index is 12.1. The number of carbonyl (C=O) groups excluding carboxylic acids is 1. The van der Waals surface area contributed by atoms with Crippen LogP contribution in [0.4, 0.5) is 0 Å². The van der Waals surface area contributed by atoms with Gasteiger partial charge in [-0.3, -0.25) is 9.59 Å². The van der Waals surface area contributed by atoms with Gasteiger partial charge in [-0.15, -0.1) is 12.4 Å². The van der Waals surface area contributed by atoms with E-state index in [9.17, 15) is 9.59 Å². The van der Waals surface area contributed by atoms with Gasteiger partial charge in [-0.05, 0) is 24.2 Å². The van der Waals surface area contributed by atoms with Crippen molar-refractivity contribution in [3.63, 3.8) is 0 Å². The van der Waals surface area contributed by atoms with Crippen LogP contribution in [0.1, 0.15) is 22.8 Å². The zero-order valence-corrected chi connectivity index (χ0v) is 15.0. The first-order chi connectivity index (χ1) is 11.1. The minimum Gasteiger partial charge on any atom is -0.351 e. The maximum atomic E-state index is 12.1. The summed E-state index contributed by atoms with van der Waals surface area (Å²) in [6, 6.07) is 10.3. The van der Waals surface area contributed by atoms with E-state index in [0.29, 0.717) is 30.2 Å². The predicted molar refractivity (Wildman–Crippen MR) is 99.4 cm³/mol. The van der Waals surface area contributed by atoms with Crippen LogP contribution < -0.4 is 16.2 Å². The average Bonchev–Trinajstić information content (AvgIpc) is 2.55. The van der Waals surface area contributed by atoms with Crippen molar-refractivity contribution < 1.29 is 4.79 Å². The van der Waals surface area contributed by atoms with Gasteiger partial charge >= 0.3 is 0 Å². The van der Waals surface area contributed by atoms with Gasteiger partial charge in [-0.2, -0.15) is 0 Å². The second kappa shape index (κ2) is 10.1. The molecule has 1 aromatic heterocycles. The number of pyridine rings is 1. The fourth-order valence-electron chi connectivity index (χ4n) is 2.14. The third-order valence-electron chi connectivity index (χ3n) is 3.38. The molecule has 1 amide bonds. The molecule has 0 radical (unpaired) electrons. The highest BCUT2D eigenvalue weighted by Gasteiger charge is 2.08. The molecule has 5 nitrogen and oxygen atoms in total. The molecule has 2 N–H and O–H groups in total. The van der Waals surface area contributed by atoms with Gasteiger partial charge in [-0.25, -0.2) is 0 Å². The second-order valence-electron chi connectivity index (χ2n) is 5.08. The van der Waals surface area contributed by atoms with E-state index in [0.717, 1.165) is 12.1 Å². The number of nitrogens with one attached hydrogen (secondary N) is 2. The molecule has 0 aliphatic carbocycles. The zero-order valence-electron chi connectivity index (χ0n) is 13.4. The number of benzene rings is 1. The van der Waals surface area contributed by atoms with Crippen molar-refractivity contribution in [3.05, 3.63) is 69.1 Å². The van der Waals surface area contributed by atoms with Crippen molar-refractivity contribution in [2.45, 2.75) is 13.5 Å². The molecular formula is C17H21Cl2N3O2. The normalized spacial score (nSPS) is 10.1. The molecule has 0 bridgehead atoms. The molecule has 1 aromatic carbocycles. The largest absolute Gasteiger partial charge is 0.351 e. The highest BCUT2D eigenvalue weighted by Crippen LogP contribution is 2.15. The molecule has 0 saturated carbocycles. The van der Waals surface area contributed by atoms with E-state index in [2.05, 4.69) is 10.6 Å². The summed E-state index contributed by atoms with van der Waals surface area (Å²) in [6.45, 7) is 4.44. The number of halogens is 2. The fraction of sp³-hybridized carbons (Fsp3) is 0.294. The molecule has 0 aliphatic rings. The van der Waals surface area contributed by atoms with E-state index in [1.165, 1.54) is 16.7 Å². The average molecular weight is 370 g/mol. The number of amides is 1. The van der Waals surface area contributed by atoms with Crippen molar-refractivity contribution >= 4 is 29.9 Å². The van der Waals surface area contributed by atoms with Crippen LogP contribution in [-0.2, 0) is 6.54 Å². The van der Waals surface area contributed by atoms with Crippen molar-refractivity contribution in [2.75, 3.05) is 19.6 Å². The molecule has 2 aromatic rings. The van der Waals surface area contributed by atoms with Gasteiger partial charge in [0.1, 0.15) is 0 Å². The summed E-state index contributed by atoms with van der Waals surface area (Å²) < 4.78 is 1.49. The smallest absolute Gasteiger partial charge is 0.252 e. The SMILES string of the molecule is CCNCCNC(=O)c1ccc(=O)n(Cc2ccccc2Cl)c1.Cl. The number of hydrogen-bond donors (Lipinski definition) is 2. The Kier molecular flexibility index (Phi) is 8.54. The third-order valence-corrected chi connectivity index (χ3v) is 3.75. The molecule has 0 fully saturated rings.